The fraction of sp³-hybridized carbons (Fsp3) is 0.476. The fourth-order valence-corrected chi connectivity index (χ4v) is 4.31. The van der Waals surface area contributed by atoms with Gasteiger partial charge in [-0.25, -0.2) is 0 Å². The van der Waals surface area contributed by atoms with E-state index in [-0.39, 0.29) is 24.2 Å². The van der Waals surface area contributed by atoms with E-state index < -0.39 is 6.10 Å². The number of carbonyl (C=O) groups is 1. The maximum Gasteiger partial charge on any atom is 0.252 e. The Balaban J connectivity index is 1.46. The molecule has 4 aliphatic rings. The molecule has 0 N–H and O–H groups in total. The number of alkyl halides is 1. The summed E-state index contributed by atoms with van der Waals surface area (Å²) in [5.74, 6) is 1.81. The van der Waals surface area contributed by atoms with E-state index >= 15 is 0 Å². The molecule has 1 fully saturated rings. The Kier molecular flexibility index (Phi) is 5.85. The molecule has 1 saturated heterocycles. The minimum absolute atomic E-state index is 0.0117. The number of ether oxygens (including phenoxy) is 3. The van der Waals surface area contributed by atoms with Gasteiger partial charge >= 0.3 is 0 Å². The van der Waals surface area contributed by atoms with Gasteiger partial charge in [-0.3, -0.25) is 4.79 Å². The third-order valence-electron chi connectivity index (χ3n) is 5.29. The van der Waals surface area contributed by atoms with Crippen LogP contribution < -0.4 is 0 Å². The number of rotatable bonds is 4. The highest BCUT2D eigenvalue weighted by Gasteiger charge is 2.32. The van der Waals surface area contributed by atoms with Gasteiger partial charge in [0.15, 0.2) is 0 Å². The zero-order valence-corrected chi connectivity index (χ0v) is 17.2. The van der Waals surface area contributed by atoms with Crippen LogP contribution >= 0.6 is 23.2 Å². The van der Waals surface area contributed by atoms with Gasteiger partial charge in [-0.15, -0.1) is 11.6 Å². The second kappa shape index (κ2) is 8.36. The van der Waals surface area contributed by atoms with Gasteiger partial charge in [0.1, 0.15) is 17.6 Å². The van der Waals surface area contributed by atoms with E-state index in [2.05, 4.69) is 6.08 Å². The van der Waals surface area contributed by atoms with Gasteiger partial charge < -0.3 is 19.1 Å². The van der Waals surface area contributed by atoms with Crippen LogP contribution in [0.2, 0.25) is 0 Å². The summed E-state index contributed by atoms with van der Waals surface area (Å²) in [5.41, 5.74) is 2.32. The number of fused-ring (bicyclic) bond motifs is 2. The van der Waals surface area contributed by atoms with E-state index in [1.807, 2.05) is 24.0 Å². The van der Waals surface area contributed by atoms with Crippen LogP contribution in [0, 0.1) is 0 Å². The lowest BCUT2D eigenvalue weighted by Crippen LogP contribution is -2.45. The van der Waals surface area contributed by atoms with Crippen LogP contribution in [0.3, 0.4) is 0 Å². The lowest BCUT2D eigenvalue weighted by Gasteiger charge is -2.33. The first-order chi connectivity index (χ1) is 13.5. The van der Waals surface area contributed by atoms with Gasteiger partial charge in [0.2, 0.25) is 6.79 Å². The minimum Gasteiger partial charge on any atom is -0.461 e. The molecular weight excluding hydrogens is 401 g/mol. The molecule has 150 valence electrons. The first-order valence-electron chi connectivity index (χ1n) is 9.56. The Morgan fingerprint density at radius 2 is 2.07 bits per heavy atom. The normalized spacial score (nSPS) is 27.5. The van der Waals surface area contributed by atoms with E-state index in [4.69, 9.17) is 37.4 Å². The van der Waals surface area contributed by atoms with Crippen molar-refractivity contribution < 1.29 is 19.0 Å². The lowest BCUT2D eigenvalue weighted by atomic mass is 9.99. The molecule has 0 spiro atoms. The summed E-state index contributed by atoms with van der Waals surface area (Å²) in [4.78, 5) is 15.0. The van der Waals surface area contributed by atoms with Crippen molar-refractivity contribution in [3.8, 4) is 0 Å². The van der Waals surface area contributed by atoms with Crippen LogP contribution in [0.1, 0.15) is 26.2 Å². The van der Waals surface area contributed by atoms with Crippen molar-refractivity contribution in [1.29, 1.82) is 0 Å². The van der Waals surface area contributed by atoms with Crippen molar-refractivity contribution >= 4 is 29.1 Å². The van der Waals surface area contributed by atoms with Crippen LogP contribution in [-0.2, 0) is 19.0 Å². The maximum atomic E-state index is 13.1. The van der Waals surface area contributed by atoms with Crippen LogP contribution in [0.25, 0.3) is 0 Å². The Hall–Kier alpha value is -1.69. The average molecular weight is 424 g/mol. The molecule has 0 saturated carbocycles. The summed E-state index contributed by atoms with van der Waals surface area (Å²) in [7, 11) is 0. The Morgan fingerprint density at radius 1 is 1.32 bits per heavy atom. The SMILES string of the molecule is CCC(OC1C=CC(Cl)=CC1Cl)C(=O)N1CCC2=C(C=C3CC(=C2)OCO3)C1. The molecule has 0 aromatic heterocycles. The van der Waals surface area contributed by atoms with Gasteiger partial charge in [0.25, 0.3) is 5.91 Å². The van der Waals surface area contributed by atoms with E-state index in [0.717, 1.165) is 23.5 Å². The monoisotopic (exact) mass is 423 g/mol. The molecule has 4 rings (SSSR count). The molecule has 2 aliphatic heterocycles. The summed E-state index contributed by atoms with van der Waals surface area (Å²) in [5, 5.41) is 0.200. The van der Waals surface area contributed by atoms with Gasteiger partial charge in [0.05, 0.1) is 17.9 Å². The minimum atomic E-state index is -0.543. The Labute approximate surface area is 174 Å². The second-order valence-corrected chi connectivity index (χ2v) is 8.16. The maximum absolute atomic E-state index is 13.1. The topological polar surface area (TPSA) is 48.0 Å². The highest BCUT2D eigenvalue weighted by molar-refractivity contribution is 6.32. The van der Waals surface area contributed by atoms with Crippen LogP contribution in [-0.4, -0.2) is 48.3 Å². The van der Waals surface area contributed by atoms with Crippen LogP contribution in [0.5, 0.6) is 0 Å². The zero-order chi connectivity index (χ0) is 19.7. The molecule has 0 aromatic rings. The van der Waals surface area contributed by atoms with E-state index in [0.29, 0.717) is 31.0 Å². The summed E-state index contributed by atoms with van der Waals surface area (Å²) < 4.78 is 17.1. The van der Waals surface area contributed by atoms with Gasteiger partial charge in [0, 0.05) is 18.1 Å². The van der Waals surface area contributed by atoms with Gasteiger partial charge in [-0.1, -0.05) is 24.6 Å². The number of allylic oxidation sites excluding steroid dienone is 3. The third-order valence-corrected chi connectivity index (χ3v) is 5.92. The zero-order valence-electron chi connectivity index (χ0n) is 15.7. The quantitative estimate of drug-likeness (QED) is 0.637. The number of carbonyl (C=O) groups excluding carboxylic acids is 1. The molecule has 0 aromatic carbocycles. The number of halogens is 2. The summed E-state index contributed by atoms with van der Waals surface area (Å²) in [6.07, 6.45) is 10.6. The predicted molar refractivity (Wildman–Crippen MR) is 108 cm³/mol. The Morgan fingerprint density at radius 3 is 2.79 bits per heavy atom. The largest absolute Gasteiger partial charge is 0.461 e. The highest BCUT2D eigenvalue weighted by Crippen LogP contribution is 2.32. The number of amides is 1. The first-order valence-corrected chi connectivity index (χ1v) is 10.4. The van der Waals surface area contributed by atoms with Gasteiger partial charge in [-0.2, -0.15) is 0 Å². The van der Waals surface area contributed by atoms with Gasteiger partial charge in [-0.05, 0) is 48.3 Å². The van der Waals surface area contributed by atoms with Crippen molar-refractivity contribution in [3.05, 3.63) is 58.1 Å². The molecule has 28 heavy (non-hydrogen) atoms. The summed E-state index contributed by atoms with van der Waals surface area (Å²) >= 11 is 12.3. The fourth-order valence-electron chi connectivity index (χ4n) is 3.76. The van der Waals surface area contributed by atoms with E-state index in [1.54, 1.807) is 12.2 Å². The number of hydrogen-bond donors (Lipinski definition) is 0. The average Bonchev–Trinajstić information content (AvgIpc) is 2.80. The second-order valence-electron chi connectivity index (χ2n) is 7.22. The lowest BCUT2D eigenvalue weighted by molar-refractivity contribution is -0.145. The molecule has 3 unspecified atom stereocenters. The van der Waals surface area contributed by atoms with Crippen LogP contribution in [0.15, 0.2) is 58.1 Å². The molecule has 0 radical (unpaired) electrons. The highest BCUT2D eigenvalue weighted by atomic mass is 35.5. The molecular formula is C21H23Cl2NO4. The third kappa shape index (κ3) is 4.17. The van der Waals surface area contributed by atoms with Crippen molar-refractivity contribution in [2.45, 2.75) is 43.8 Å². The summed E-state index contributed by atoms with van der Waals surface area (Å²) in [6, 6.07) is 0. The molecule has 3 atom stereocenters. The van der Waals surface area contributed by atoms with Crippen LogP contribution in [0.4, 0.5) is 0 Å². The molecule has 2 bridgehead atoms. The molecule has 2 aliphatic carbocycles. The first kappa shape index (κ1) is 19.6. The molecule has 7 heteroatoms. The molecule has 1 amide bonds. The standard InChI is InChI=1S/C21H23Cl2NO4/c1-2-19(28-20-4-3-15(22)9-18(20)23)21(25)24-6-5-13-7-16-10-17(27-12-26-16)8-14(13)11-24/h3-4,7-9,18-20H,2,5-6,10-12H2,1H3. The predicted octanol–water partition coefficient (Wildman–Crippen LogP) is 4.15. The van der Waals surface area contributed by atoms with Crippen molar-refractivity contribution in [3.63, 3.8) is 0 Å². The molecule has 2 heterocycles. The van der Waals surface area contributed by atoms with Crippen molar-refractivity contribution in [1.82, 2.24) is 4.90 Å². The van der Waals surface area contributed by atoms with E-state index in [1.165, 1.54) is 5.57 Å². The summed E-state index contributed by atoms with van der Waals surface area (Å²) in [6.45, 7) is 3.39. The number of hydrogen-bond acceptors (Lipinski definition) is 4. The van der Waals surface area contributed by atoms with Crippen molar-refractivity contribution in [2.24, 2.45) is 0 Å². The number of nitrogens with zero attached hydrogens (tertiary/aromatic N) is 1. The smallest absolute Gasteiger partial charge is 0.252 e. The van der Waals surface area contributed by atoms with E-state index in [9.17, 15) is 4.79 Å². The Bertz CT molecular complexity index is 811. The van der Waals surface area contributed by atoms with Crippen molar-refractivity contribution in [2.75, 3.05) is 19.9 Å². The molecule has 5 nitrogen and oxygen atoms in total.